The lowest BCUT2D eigenvalue weighted by Gasteiger charge is -2.35. The smallest absolute Gasteiger partial charge is 0.155 e. The zero-order chi connectivity index (χ0) is 10.6. The van der Waals surface area contributed by atoms with Crippen molar-refractivity contribution in [2.45, 2.75) is 37.9 Å². The van der Waals surface area contributed by atoms with E-state index in [-0.39, 0.29) is 25.4 Å². The predicted octanol–water partition coefficient (Wildman–Crippen LogP) is -0.494. The Balaban J connectivity index is 2.43. The Morgan fingerprint density at radius 3 is 2.79 bits per heavy atom. The number of aliphatic hydroxyl groups is 2. The van der Waals surface area contributed by atoms with E-state index < -0.39 is 12.4 Å². The monoisotopic (exact) mass is 206 g/mol. The molecule has 0 saturated carbocycles. The van der Waals surface area contributed by atoms with E-state index in [1.807, 2.05) is 0 Å². The maximum Gasteiger partial charge on any atom is 0.155 e. The summed E-state index contributed by atoms with van der Waals surface area (Å²) < 4.78 is 15.5. The highest BCUT2D eigenvalue weighted by Crippen LogP contribution is 2.20. The second-order valence-corrected chi connectivity index (χ2v) is 3.44. The Morgan fingerprint density at radius 1 is 1.50 bits per heavy atom. The molecule has 0 spiro atoms. The van der Waals surface area contributed by atoms with Crippen molar-refractivity contribution in [2.75, 3.05) is 20.3 Å². The van der Waals surface area contributed by atoms with Crippen LogP contribution in [0.15, 0.2) is 0 Å². The summed E-state index contributed by atoms with van der Waals surface area (Å²) >= 11 is 0. The lowest BCUT2D eigenvalue weighted by molar-refractivity contribution is -0.260. The molecule has 1 fully saturated rings. The summed E-state index contributed by atoms with van der Waals surface area (Å²) in [5.41, 5.74) is 0. The first-order chi connectivity index (χ1) is 6.67. The highest BCUT2D eigenvalue weighted by molar-refractivity contribution is 4.77. The molecule has 1 heterocycles. The van der Waals surface area contributed by atoms with Crippen LogP contribution in [0.5, 0.6) is 0 Å². The first kappa shape index (κ1) is 11.9. The molecular weight excluding hydrogens is 188 g/mol. The molecule has 4 atom stereocenters. The van der Waals surface area contributed by atoms with Gasteiger partial charge in [0.05, 0.1) is 25.4 Å². The lowest BCUT2D eigenvalue weighted by Crippen LogP contribution is -2.45. The molecular formula is C9H18O5. The number of ether oxygens (including phenoxy) is 3. The van der Waals surface area contributed by atoms with Crippen molar-refractivity contribution >= 4 is 0 Å². The molecule has 14 heavy (non-hydrogen) atoms. The average Bonchev–Trinajstić information content (AvgIpc) is 2.17. The summed E-state index contributed by atoms with van der Waals surface area (Å²) in [5.74, 6) is 0. The van der Waals surface area contributed by atoms with E-state index in [2.05, 4.69) is 0 Å². The van der Waals surface area contributed by atoms with Gasteiger partial charge >= 0.3 is 0 Å². The van der Waals surface area contributed by atoms with E-state index in [0.717, 1.165) is 0 Å². The van der Waals surface area contributed by atoms with Crippen molar-refractivity contribution in [1.29, 1.82) is 0 Å². The van der Waals surface area contributed by atoms with Gasteiger partial charge in [0.15, 0.2) is 6.29 Å². The fourth-order valence-electron chi connectivity index (χ4n) is 1.56. The fourth-order valence-corrected chi connectivity index (χ4v) is 1.56. The molecule has 1 saturated heterocycles. The standard InChI is InChI=1S/C9H18O5/c1-6-13-7(4-10)3-9(14-6)8(11)5-12-2/h6-11H,3-5H2,1-2H3/t6?,7-,8+,9+/m0/s1. The maximum atomic E-state index is 9.62. The third-order valence-corrected chi connectivity index (χ3v) is 2.22. The van der Waals surface area contributed by atoms with Crippen molar-refractivity contribution in [3.05, 3.63) is 0 Å². The van der Waals surface area contributed by atoms with Gasteiger partial charge in [0.25, 0.3) is 0 Å². The van der Waals surface area contributed by atoms with Crippen LogP contribution in [-0.4, -0.2) is 55.1 Å². The highest BCUT2D eigenvalue weighted by atomic mass is 16.7. The predicted molar refractivity (Wildman–Crippen MR) is 48.8 cm³/mol. The van der Waals surface area contributed by atoms with Gasteiger partial charge in [0.1, 0.15) is 6.10 Å². The minimum atomic E-state index is -0.666. The Morgan fingerprint density at radius 2 is 2.21 bits per heavy atom. The van der Waals surface area contributed by atoms with Crippen LogP contribution in [0.4, 0.5) is 0 Å². The Bertz CT molecular complexity index is 163. The molecule has 0 radical (unpaired) electrons. The van der Waals surface area contributed by atoms with Crippen LogP contribution < -0.4 is 0 Å². The number of methoxy groups -OCH3 is 1. The van der Waals surface area contributed by atoms with Gasteiger partial charge in [0, 0.05) is 13.5 Å². The van der Waals surface area contributed by atoms with Crippen molar-refractivity contribution in [3.8, 4) is 0 Å². The quantitative estimate of drug-likeness (QED) is 0.649. The second kappa shape index (κ2) is 5.63. The highest BCUT2D eigenvalue weighted by Gasteiger charge is 2.31. The Labute approximate surface area is 83.6 Å². The number of aliphatic hydroxyl groups excluding tert-OH is 2. The van der Waals surface area contributed by atoms with Crippen LogP contribution in [0.25, 0.3) is 0 Å². The van der Waals surface area contributed by atoms with E-state index >= 15 is 0 Å². The fraction of sp³-hybridized carbons (Fsp3) is 1.00. The van der Waals surface area contributed by atoms with Crippen LogP contribution >= 0.6 is 0 Å². The van der Waals surface area contributed by atoms with Gasteiger partial charge in [-0.15, -0.1) is 0 Å². The summed E-state index contributed by atoms with van der Waals surface area (Å²) in [6.45, 7) is 1.92. The van der Waals surface area contributed by atoms with Gasteiger partial charge in [-0.25, -0.2) is 0 Å². The molecule has 0 aromatic carbocycles. The number of rotatable bonds is 4. The van der Waals surface area contributed by atoms with Gasteiger partial charge in [0.2, 0.25) is 0 Å². The third-order valence-electron chi connectivity index (χ3n) is 2.22. The number of hydrogen-bond acceptors (Lipinski definition) is 5. The Hall–Kier alpha value is -0.200. The van der Waals surface area contributed by atoms with Crippen molar-refractivity contribution in [1.82, 2.24) is 0 Å². The summed E-state index contributed by atoms with van der Waals surface area (Å²) in [4.78, 5) is 0. The molecule has 1 unspecified atom stereocenters. The molecule has 2 N–H and O–H groups in total. The molecule has 84 valence electrons. The van der Waals surface area contributed by atoms with Gasteiger partial charge in [-0.2, -0.15) is 0 Å². The lowest BCUT2D eigenvalue weighted by atomic mass is 10.1. The van der Waals surface area contributed by atoms with Crippen LogP contribution in [0, 0.1) is 0 Å². The van der Waals surface area contributed by atoms with Crippen molar-refractivity contribution < 1.29 is 24.4 Å². The zero-order valence-corrected chi connectivity index (χ0v) is 8.55. The second-order valence-electron chi connectivity index (χ2n) is 3.44. The number of hydrogen-bond donors (Lipinski definition) is 2. The van der Waals surface area contributed by atoms with Gasteiger partial charge in [-0.05, 0) is 6.92 Å². The van der Waals surface area contributed by atoms with E-state index in [1.54, 1.807) is 6.92 Å². The van der Waals surface area contributed by atoms with Crippen LogP contribution in [0.3, 0.4) is 0 Å². The molecule has 1 rings (SSSR count). The molecule has 1 aliphatic heterocycles. The minimum Gasteiger partial charge on any atom is -0.394 e. The molecule has 0 aromatic rings. The SMILES string of the molecule is COC[C@@H](O)[C@H]1C[C@@H](CO)OC(C)O1. The largest absolute Gasteiger partial charge is 0.394 e. The first-order valence-electron chi connectivity index (χ1n) is 4.76. The topological polar surface area (TPSA) is 68.2 Å². The van der Waals surface area contributed by atoms with Gasteiger partial charge in [-0.1, -0.05) is 0 Å². The summed E-state index contributed by atoms with van der Waals surface area (Å²) in [7, 11) is 1.52. The van der Waals surface area contributed by atoms with Crippen LogP contribution in [-0.2, 0) is 14.2 Å². The summed E-state index contributed by atoms with van der Waals surface area (Å²) in [6, 6.07) is 0. The summed E-state index contributed by atoms with van der Waals surface area (Å²) in [6.07, 6.45) is -1.14. The molecule has 0 bridgehead atoms. The molecule has 0 aliphatic carbocycles. The molecule has 0 aromatic heterocycles. The molecule has 0 amide bonds. The molecule has 5 nitrogen and oxygen atoms in total. The molecule has 5 heteroatoms. The van der Waals surface area contributed by atoms with Crippen LogP contribution in [0.2, 0.25) is 0 Å². The summed E-state index contributed by atoms with van der Waals surface area (Å²) in [5, 5.41) is 18.6. The third kappa shape index (κ3) is 3.18. The van der Waals surface area contributed by atoms with E-state index in [9.17, 15) is 5.11 Å². The normalized spacial score (nSPS) is 35.6. The van der Waals surface area contributed by atoms with E-state index in [1.165, 1.54) is 7.11 Å². The average molecular weight is 206 g/mol. The van der Waals surface area contributed by atoms with E-state index in [4.69, 9.17) is 19.3 Å². The van der Waals surface area contributed by atoms with Gasteiger partial charge in [-0.3, -0.25) is 0 Å². The molecule has 1 aliphatic rings. The van der Waals surface area contributed by atoms with E-state index in [0.29, 0.717) is 6.42 Å². The van der Waals surface area contributed by atoms with Crippen LogP contribution in [0.1, 0.15) is 13.3 Å². The zero-order valence-electron chi connectivity index (χ0n) is 8.55. The first-order valence-corrected chi connectivity index (χ1v) is 4.76. The van der Waals surface area contributed by atoms with Crippen molar-refractivity contribution in [3.63, 3.8) is 0 Å². The Kier molecular flexibility index (Phi) is 4.77. The van der Waals surface area contributed by atoms with Gasteiger partial charge < -0.3 is 24.4 Å². The van der Waals surface area contributed by atoms with Crippen molar-refractivity contribution in [2.24, 2.45) is 0 Å². The maximum absolute atomic E-state index is 9.62. The minimum absolute atomic E-state index is 0.0517.